The van der Waals surface area contributed by atoms with Gasteiger partial charge in [-0.3, -0.25) is 9.62 Å². The summed E-state index contributed by atoms with van der Waals surface area (Å²) in [7, 11) is -4.12. The Balaban J connectivity index is 1.94. The van der Waals surface area contributed by atoms with Crippen molar-refractivity contribution in [1.82, 2.24) is 0 Å². The molecule has 0 bridgehead atoms. The van der Waals surface area contributed by atoms with Crippen molar-refractivity contribution in [2.75, 3.05) is 22.8 Å². The van der Waals surface area contributed by atoms with Gasteiger partial charge in [-0.2, -0.15) is 18.4 Å². The van der Waals surface area contributed by atoms with Gasteiger partial charge in [0.05, 0.1) is 28.8 Å². The molecule has 0 fully saturated rings. The molecule has 0 saturated heterocycles. The number of halogens is 3. The molecule has 33 heavy (non-hydrogen) atoms. The van der Waals surface area contributed by atoms with Crippen LogP contribution in [0.15, 0.2) is 41.3 Å². The summed E-state index contributed by atoms with van der Waals surface area (Å²) >= 11 is 0. The number of carbonyl (C=O) groups excluding carboxylic acids is 1. The zero-order valence-electron chi connectivity index (χ0n) is 17.9. The number of benzene rings is 2. The SMILES string of the molecule is Cc1ccc(C#N)cc1S(=O)(=O)N1CCOc2ccc(NC(=O)OC(C)(C)C(F)(F)F)cc21. The molecular formula is C21H20F3N3O5S. The summed E-state index contributed by atoms with van der Waals surface area (Å²) in [6, 6.07) is 10.2. The van der Waals surface area contributed by atoms with Gasteiger partial charge in [0, 0.05) is 5.69 Å². The topological polar surface area (TPSA) is 109 Å². The zero-order chi connectivity index (χ0) is 24.6. The molecule has 0 aromatic heterocycles. The number of nitriles is 1. The molecule has 0 atom stereocenters. The quantitative estimate of drug-likeness (QED) is 0.693. The maximum absolute atomic E-state index is 13.4. The minimum Gasteiger partial charge on any atom is -0.489 e. The van der Waals surface area contributed by atoms with Crippen molar-refractivity contribution in [2.45, 2.75) is 37.4 Å². The molecule has 0 aliphatic carbocycles. The van der Waals surface area contributed by atoms with E-state index in [0.29, 0.717) is 19.4 Å². The van der Waals surface area contributed by atoms with Crippen molar-refractivity contribution in [3.63, 3.8) is 0 Å². The van der Waals surface area contributed by atoms with E-state index in [1.165, 1.54) is 36.4 Å². The Labute approximate surface area is 188 Å². The molecule has 2 aromatic rings. The predicted molar refractivity (Wildman–Crippen MR) is 113 cm³/mol. The van der Waals surface area contributed by atoms with Crippen LogP contribution in [0.3, 0.4) is 0 Å². The van der Waals surface area contributed by atoms with Crippen LogP contribution in [0.1, 0.15) is 25.0 Å². The smallest absolute Gasteiger partial charge is 0.427 e. The average Bonchev–Trinajstić information content (AvgIpc) is 2.72. The number of alkyl halides is 3. The van der Waals surface area contributed by atoms with Gasteiger partial charge in [-0.1, -0.05) is 6.07 Å². The molecule has 2 aromatic carbocycles. The van der Waals surface area contributed by atoms with Crippen molar-refractivity contribution in [3.05, 3.63) is 47.5 Å². The molecule has 12 heteroatoms. The minimum atomic E-state index is -4.78. The fourth-order valence-corrected chi connectivity index (χ4v) is 4.72. The molecule has 0 saturated carbocycles. The van der Waals surface area contributed by atoms with E-state index in [1.807, 2.05) is 6.07 Å². The molecule has 0 spiro atoms. The van der Waals surface area contributed by atoms with E-state index in [9.17, 15) is 26.4 Å². The summed E-state index contributed by atoms with van der Waals surface area (Å²) in [5.41, 5.74) is -2.05. The second-order valence-electron chi connectivity index (χ2n) is 7.72. The highest BCUT2D eigenvalue weighted by Crippen LogP contribution is 2.38. The highest BCUT2D eigenvalue weighted by Gasteiger charge is 2.51. The first kappa shape index (κ1) is 24.2. The van der Waals surface area contributed by atoms with Gasteiger partial charge in [0.2, 0.25) is 5.60 Å². The van der Waals surface area contributed by atoms with Crippen LogP contribution in [0.25, 0.3) is 0 Å². The molecule has 8 nitrogen and oxygen atoms in total. The van der Waals surface area contributed by atoms with Crippen molar-refractivity contribution in [3.8, 4) is 11.8 Å². The lowest BCUT2D eigenvalue weighted by molar-refractivity contribution is -0.242. The first-order valence-electron chi connectivity index (χ1n) is 9.63. The zero-order valence-corrected chi connectivity index (χ0v) is 18.7. The first-order valence-corrected chi connectivity index (χ1v) is 11.1. The number of hydrogen-bond donors (Lipinski definition) is 1. The van der Waals surface area contributed by atoms with Crippen LogP contribution in [-0.4, -0.2) is 39.4 Å². The van der Waals surface area contributed by atoms with E-state index in [1.54, 1.807) is 6.92 Å². The number of hydrogen-bond acceptors (Lipinski definition) is 6. The number of aryl methyl sites for hydroxylation is 1. The fourth-order valence-electron chi connectivity index (χ4n) is 3.02. The third-order valence-electron chi connectivity index (χ3n) is 4.94. The van der Waals surface area contributed by atoms with Gasteiger partial charge in [-0.15, -0.1) is 0 Å². The van der Waals surface area contributed by atoms with E-state index >= 15 is 0 Å². The highest BCUT2D eigenvalue weighted by molar-refractivity contribution is 7.92. The Morgan fingerprint density at radius 3 is 2.55 bits per heavy atom. The lowest BCUT2D eigenvalue weighted by atomic mass is 10.1. The van der Waals surface area contributed by atoms with Crippen molar-refractivity contribution in [1.29, 1.82) is 5.26 Å². The number of nitrogens with zero attached hydrogens (tertiary/aromatic N) is 2. The third kappa shape index (κ3) is 4.83. The number of anilines is 2. The summed E-state index contributed by atoms with van der Waals surface area (Å²) < 4.78 is 76.7. The maximum atomic E-state index is 13.4. The summed E-state index contributed by atoms with van der Waals surface area (Å²) in [6.07, 6.45) is -6.14. The second kappa shape index (κ2) is 8.47. The van der Waals surface area contributed by atoms with Crippen LogP contribution in [0, 0.1) is 18.3 Å². The molecule has 3 rings (SSSR count). The summed E-state index contributed by atoms with van der Waals surface area (Å²) in [5.74, 6) is 0.202. The van der Waals surface area contributed by atoms with Gasteiger partial charge in [0.25, 0.3) is 10.0 Å². The van der Waals surface area contributed by atoms with Crippen LogP contribution in [0.5, 0.6) is 5.75 Å². The van der Waals surface area contributed by atoms with Crippen molar-refractivity contribution < 1.29 is 35.9 Å². The lowest BCUT2D eigenvalue weighted by Crippen LogP contribution is -2.44. The van der Waals surface area contributed by atoms with E-state index in [-0.39, 0.29) is 40.7 Å². The summed E-state index contributed by atoms with van der Waals surface area (Å²) in [6.45, 7) is 3.00. The summed E-state index contributed by atoms with van der Waals surface area (Å²) in [4.78, 5) is 12.0. The largest absolute Gasteiger partial charge is 0.489 e. The normalized spacial score (nSPS) is 14.0. The van der Waals surface area contributed by atoms with E-state index in [2.05, 4.69) is 10.1 Å². The molecule has 1 aliphatic rings. The Morgan fingerprint density at radius 2 is 1.91 bits per heavy atom. The predicted octanol–water partition coefficient (Wildman–Crippen LogP) is 4.34. The number of sulfonamides is 1. The summed E-state index contributed by atoms with van der Waals surface area (Å²) in [5, 5.41) is 11.3. The van der Waals surface area contributed by atoms with Crippen LogP contribution >= 0.6 is 0 Å². The first-order chi connectivity index (χ1) is 15.3. The molecule has 1 aliphatic heterocycles. The Morgan fingerprint density at radius 1 is 1.21 bits per heavy atom. The molecule has 0 unspecified atom stereocenters. The van der Waals surface area contributed by atoms with Crippen LogP contribution < -0.4 is 14.4 Å². The number of fused-ring (bicyclic) bond motifs is 1. The number of rotatable bonds is 4. The Hall–Kier alpha value is -3.46. The van der Waals surface area contributed by atoms with E-state index < -0.39 is 27.9 Å². The molecule has 0 radical (unpaired) electrons. The lowest BCUT2D eigenvalue weighted by Gasteiger charge is -2.31. The highest BCUT2D eigenvalue weighted by atomic mass is 32.2. The number of amides is 1. The van der Waals surface area contributed by atoms with Crippen LogP contribution in [0.4, 0.5) is 29.3 Å². The fraction of sp³-hybridized carbons (Fsp3) is 0.333. The van der Waals surface area contributed by atoms with E-state index in [0.717, 1.165) is 4.31 Å². The monoisotopic (exact) mass is 483 g/mol. The van der Waals surface area contributed by atoms with Gasteiger partial charge < -0.3 is 9.47 Å². The maximum Gasteiger partial charge on any atom is 0.427 e. The number of nitrogens with one attached hydrogen (secondary N) is 1. The Bertz CT molecular complexity index is 1240. The van der Waals surface area contributed by atoms with Crippen molar-refractivity contribution >= 4 is 27.5 Å². The van der Waals surface area contributed by atoms with Gasteiger partial charge >= 0.3 is 12.3 Å². The van der Waals surface area contributed by atoms with Gasteiger partial charge in [-0.05, 0) is 56.7 Å². The molecule has 1 heterocycles. The number of carbonyl (C=O) groups is 1. The third-order valence-corrected chi connectivity index (χ3v) is 6.90. The molecule has 1 amide bonds. The second-order valence-corrected chi connectivity index (χ2v) is 9.55. The van der Waals surface area contributed by atoms with Gasteiger partial charge in [0.1, 0.15) is 12.4 Å². The molecule has 176 valence electrons. The van der Waals surface area contributed by atoms with Crippen molar-refractivity contribution in [2.24, 2.45) is 0 Å². The average molecular weight is 483 g/mol. The number of ether oxygens (including phenoxy) is 2. The van der Waals surface area contributed by atoms with Gasteiger partial charge in [-0.25, -0.2) is 13.2 Å². The minimum absolute atomic E-state index is 0.00456. The molecular weight excluding hydrogens is 463 g/mol. The standard InChI is InChI=1S/C21H20F3N3O5S/c1-13-4-5-14(12-25)10-18(13)33(29,30)27-8-9-31-17-7-6-15(11-16(17)27)26-19(28)32-20(2,3)21(22,23)24/h4-7,10-11H,8-9H2,1-3H3,(H,26,28). The van der Waals surface area contributed by atoms with Gasteiger partial charge in [0.15, 0.2) is 0 Å². The Kier molecular flexibility index (Phi) is 6.21. The van der Waals surface area contributed by atoms with Crippen LogP contribution in [0.2, 0.25) is 0 Å². The van der Waals surface area contributed by atoms with E-state index in [4.69, 9.17) is 10.00 Å². The van der Waals surface area contributed by atoms with Crippen LogP contribution in [-0.2, 0) is 14.8 Å². The molecule has 1 N–H and O–H groups in total.